The number of benzene rings is 2. The fourth-order valence-electron chi connectivity index (χ4n) is 4.08. The van der Waals surface area contributed by atoms with Crippen LogP contribution in [0.25, 0.3) is 0 Å². The van der Waals surface area contributed by atoms with Crippen molar-refractivity contribution in [3.05, 3.63) is 59.7 Å². The van der Waals surface area contributed by atoms with E-state index in [4.69, 9.17) is 0 Å². The van der Waals surface area contributed by atoms with E-state index in [2.05, 4.69) is 30.1 Å². The molecular weight excluding hydrogens is 378 g/mol. The van der Waals surface area contributed by atoms with Gasteiger partial charge in [0.1, 0.15) is 6.07 Å². The van der Waals surface area contributed by atoms with Crippen molar-refractivity contribution in [3.63, 3.8) is 0 Å². The molecule has 0 aromatic heterocycles. The first-order chi connectivity index (χ1) is 14.1. The van der Waals surface area contributed by atoms with Gasteiger partial charge in [0, 0.05) is 29.4 Å². The Kier molecular flexibility index (Phi) is 7.74. The standard InChI is InChI=1S/C24H29N3OS/c1-18-14-19(2)17-27(16-18)13-7-12-26-24(28)21-9-4-6-11-23(21)29-22-10-5-3-8-20(22)15-25/h3-6,8-11,18-19H,7,12-14,16-17H2,1-2H3,(H,26,28). The maximum Gasteiger partial charge on any atom is 0.252 e. The molecule has 3 rings (SSSR count). The topological polar surface area (TPSA) is 56.1 Å². The van der Waals surface area contributed by atoms with Crippen molar-refractivity contribution >= 4 is 17.7 Å². The summed E-state index contributed by atoms with van der Waals surface area (Å²) in [5.41, 5.74) is 1.28. The maximum absolute atomic E-state index is 12.8. The van der Waals surface area contributed by atoms with Gasteiger partial charge in [0.15, 0.2) is 0 Å². The number of carbonyl (C=O) groups excluding carboxylic acids is 1. The molecule has 0 bridgehead atoms. The second-order valence-corrected chi connectivity index (χ2v) is 9.11. The molecule has 5 heteroatoms. The highest BCUT2D eigenvalue weighted by Crippen LogP contribution is 2.32. The molecule has 1 aliphatic heterocycles. The Morgan fingerprint density at radius 2 is 1.76 bits per heavy atom. The molecule has 2 atom stereocenters. The number of hydrogen-bond donors (Lipinski definition) is 1. The number of amides is 1. The van der Waals surface area contributed by atoms with Crippen LogP contribution in [0.2, 0.25) is 0 Å². The van der Waals surface area contributed by atoms with Gasteiger partial charge in [-0.05, 0) is 55.5 Å². The smallest absolute Gasteiger partial charge is 0.252 e. The molecular formula is C24H29N3OS. The molecule has 1 heterocycles. The third kappa shape index (κ3) is 6.09. The van der Waals surface area contributed by atoms with Gasteiger partial charge >= 0.3 is 0 Å². The van der Waals surface area contributed by atoms with Gasteiger partial charge < -0.3 is 10.2 Å². The van der Waals surface area contributed by atoms with Crippen LogP contribution in [0.5, 0.6) is 0 Å². The molecule has 1 aliphatic rings. The van der Waals surface area contributed by atoms with Crippen LogP contribution in [-0.4, -0.2) is 37.0 Å². The van der Waals surface area contributed by atoms with Crippen LogP contribution in [0.3, 0.4) is 0 Å². The summed E-state index contributed by atoms with van der Waals surface area (Å²) in [6, 6.07) is 17.3. The molecule has 1 amide bonds. The first-order valence-corrected chi connectivity index (χ1v) is 11.1. The molecule has 0 saturated carbocycles. The Balaban J connectivity index is 1.55. The SMILES string of the molecule is CC1CC(C)CN(CCCNC(=O)c2ccccc2Sc2ccccc2C#N)C1. The molecule has 0 radical (unpaired) electrons. The largest absolute Gasteiger partial charge is 0.352 e. The maximum atomic E-state index is 12.8. The summed E-state index contributed by atoms with van der Waals surface area (Å²) in [6.45, 7) is 8.67. The number of carbonyl (C=O) groups is 1. The monoisotopic (exact) mass is 407 g/mol. The number of rotatable bonds is 7. The molecule has 1 saturated heterocycles. The van der Waals surface area contributed by atoms with E-state index in [0.29, 0.717) is 17.7 Å². The predicted octanol–water partition coefficient (Wildman–Crippen LogP) is 4.81. The molecule has 2 aromatic carbocycles. The fourth-order valence-corrected chi connectivity index (χ4v) is 5.11. The van der Waals surface area contributed by atoms with E-state index in [1.165, 1.54) is 18.2 Å². The number of hydrogen-bond acceptors (Lipinski definition) is 4. The summed E-state index contributed by atoms with van der Waals surface area (Å²) in [7, 11) is 0. The van der Waals surface area contributed by atoms with E-state index >= 15 is 0 Å². The molecule has 1 fully saturated rings. The minimum Gasteiger partial charge on any atom is -0.352 e. The number of piperidine rings is 1. The van der Waals surface area contributed by atoms with E-state index in [1.807, 2.05) is 42.5 Å². The predicted molar refractivity (Wildman–Crippen MR) is 118 cm³/mol. The van der Waals surface area contributed by atoms with Crippen molar-refractivity contribution in [1.82, 2.24) is 10.2 Å². The van der Waals surface area contributed by atoms with Gasteiger partial charge in [-0.3, -0.25) is 4.79 Å². The highest BCUT2D eigenvalue weighted by molar-refractivity contribution is 7.99. The lowest BCUT2D eigenvalue weighted by molar-refractivity contribution is 0.0944. The fraction of sp³-hybridized carbons (Fsp3) is 0.417. The Morgan fingerprint density at radius 3 is 2.48 bits per heavy atom. The number of likely N-dealkylation sites (tertiary alicyclic amines) is 1. The van der Waals surface area contributed by atoms with Crippen LogP contribution in [0.4, 0.5) is 0 Å². The van der Waals surface area contributed by atoms with Crippen molar-refractivity contribution in [2.45, 2.75) is 36.5 Å². The first-order valence-electron chi connectivity index (χ1n) is 10.3. The molecule has 1 N–H and O–H groups in total. The average molecular weight is 408 g/mol. The van der Waals surface area contributed by atoms with E-state index in [1.54, 1.807) is 6.07 Å². The van der Waals surface area contributed by atoms with Crippen molar-refractivity contribution in [1.29, 1.82) is 5.26 Å². The van der Waals surface area contributed by atoms with Gasteiger partial charge in [-0.15, -0.1) is 0 Å². The minimum atomic E-state index is -0.0529. The quantitative estimate of drug-likeness (QED) is 0.670. The van der Waals surface area contributed by atoms with Crippen LogP contribution in [0.15, 0.2) is 58.3 Å². The minimum absolute atomic E-state index is 0.0529. The second-order valence-electron chi connectivity index (χ2n) is 8.02. The van der Waals surface area contributed by atoms with Crippen molar-refractivity contribution < 1.29 is 4.79 Å². The normalized spacial score (nSPS) is 19.5. The van der Waals surface area contributed by atoms with Gasteiger partial charge in [-0.25, -0.2) is 0 Å². The van der Waals surface area contributed by atoms with Gasteiger partial charge in [-0.1, -0.05) is 49.9 Å². The van der Waals surface area contributed by atoms with Gasteiger partial charge in [0.25, 0.3) is 5.91 Å². The third-order valence-electron chi connectivity index (χ3n) is 5.24. The van der Waals surface area contributed by atoms with Crippen LogP contribution in [-0.2, 0) is 0 Å². The van der Waals surface area contributed by atoms with Gasteiger partial charge in [-0.2, -0.15) is 5.26 Å². The molecule has 29 heavy (non-hydrogen) atoms. The van der Waals surface area contributed by atoms with Gasteiger partial charge in [0.2, 0.25) is 0 Å². The number of nitrogens with one attached hydrogen (secondary N) is 1. The Bertz CT molecular complexity index is 866. The summed E-state index contributed by atoms with van der Waals surface area (Å²) in [4.78, 5) is 17.0. The van der Waals surface area contributed by atoms with Crippen LogP contribution in [0.1, 0.15) is 42.6 Å². The molecule has 0 spiro atoms. The summed E-state index contributed by atoms with van der Waals surface area (Å²) in [5, 5.41) is 12.4. The first kappa shape index (κ1) is 21.4. The zero-order valence-electron chi connectivity index (χ0n) is 17.2. The van der Waals surface area contributed by atoms with Crippen LogP contribution >= 0.6 is 11.8 Å². The van der Waals surface area contributed by atoms with E-state index < -0.39 is 0 Å². The third-order valence-corrected chi connectivity index (χ3v) is 6.39. The van der Waals surface area contributed by atoms with Crippen LogP contribution < -0.4 is 5.32 Å². The Morgan fingerprint density at radius 1 is 1.10 bits per heavy atom. The highest BCUT2D eigenvalue weighted by Gasteiger charge is 2.21. The van der Waals surface area contributed by atoms with Crippen molar-refractivity contribution in [2.24, 2.45) is 11.8 Å². The molecule has 2 aromatic rings. The summed E-state index contributed by atoms with van der Waals surface area (Å²) in [6.07, 6.45) is 2.27. The molecule has 0 aliphatic carbocycles. The molecule has 152 valence electrons. The summed E-state index contributed by atoms with van der Waals surface area (Å²) < 4.78 is 0. The van der Waals surface area contributed by atoms with E-state index in [-0.39, 0.29) is 5.91 Å². The second kappa shape index (κ2) is 10.5. The summed E-state index contributed by atoms with van der Waals surface area (Å²) in [5.74, 6) is 1.46. The Hall–Kier alpha value is -2.29. The zero-order valence-corrected chi connectivity index (χ0v) is 18.0. The van der Waals surface area contributed by atoms with Crippen LogP contribution in [0, 0.1) is 23.2 Å². The lowest BCUT2D eigenvalue weighted by atomic mass is 9.92. The zero-order chi connectivity index (χ0) is 20.6. The van der Waals surface area contributed by atoms with E-state index in [9.17, 15) is 10.1 Å². The summed E-state index contributed by atoms with van der Waals surface area (Å²) >= 11 is 1.46. The lowest BCUT2D eigenvalue weighted by Crippen LogP contribution is -2.40. The lowest BCUT2D eigenvalue weighted by Gasteiger charge is -2.34. The van der Waals surface area contributed by atoms with Crippen molar-refractivity contribution in [2.75, 3.05) is 26.2 Å². The highest BCUT2D eigenvalue weighted by atomic mass is 32.2. The van der Waals surface area contributed by atoms with Crippen molar-refractivity contribution in [3.8, 4) is 6.07 Å². The molecule has 2 unspecified atom stereocenters. The number of nitrogens with zero attached hydrogens (tertiary/aromatic N) is 2. The average Bonchev–Trinajstić information content (AvgIpc) is 2.71. The molecule has 4 nitrogen and oxygen atoms in total. The number of nitriles is 1. The van der Waals surface area contributed by atoms with E-state index in [0.717, 1.165) is 47.7 Å². The van der Waals surface area contributed by atoms with Gasteiger partial charge in [0.05, 0.1) is 11.1 Å². The Labute approximate surface area is 178 Å².